The second kappa shape index (κ2) is 6.36. The minimum absolute atomic E-state index is 0.482. The maximum absolute atomic E-state index is 11.7. The van der Waals surface area contributed by atoms with Crippen LogP contribution in [0, 0.1) is 6.92 Å². The predicted octanol–water partition coefficient (Wildman–Crippen LogP) is 2.16. The second-order valence-electron chi connectivity index (χ2n) is 5.35. The number of rotatable bonds is 4. The van der Waals surface area contributed by atoms with E-state index in [1.54, 1.807) is 26.8 Å². The zero-order valence-electron chi connectivity index (χ0n) is 12.4. The fourth-order valence-corrected chi connectivity index (χ4v) is 1.60. The molecule has 0 saturated carbocycles. The quantitative estimate of drug-likeness (QED) is 0.855. The van der Waals surface area contributed by atoms with Crippen LogP contribution in [0.3, 0.4) is 0 Å². The van der Waals surface area contributed by atoms with Crippen LogP contribution in [0.15, 0.2) is 12.3 Å². The standard InChI is InChI=1S/C14H20N2O4/c1-9-6-10(7-15-12(9)19-5)11(8-17)16-13(18)20-14(2,3)4/h6-8,11H,1-5H3,(H,16,18). The first kappa shape index (κ1) is 15.9. The molecule has 0 fully saturated rings. The molecule has 6 nitrogen and oxygen atoms in total. The Morgan fingerprint density at radius 1 is 1.45 bits per heavy atom. The first-order chi connectivity index (χ1) is 9.26. The van der Waals surface area contributed by atoms with E-state index in [4.69, 9.17) is 9.47 Å². The Bertz CT molecular complexity index is 494. The van der Waals surface area contributed by atoms with Crippen molar-refractivity contribution in [2.45, 2.75) is 39.3 Å². The SMILES string of the molecule is COc1ncc(C(C=O)NC(=O)OC(C)(C)C)cc1C. The Kier molecular flexibility index (Phi) is 5.07. The van der Waals surface area contributed by atoms with E-state index >= 15 is 0 Å². The monoisotopic (exact) mass is 280 g/mol. The minimum Gasteiger partial charge on any atom is -0.481 e. The molecule has 1 amide bonds. The highest BCUT2D eigenvalue weighted by molar-refractivity contribution is 5.74. The van der Waals surface area contributed by atoms with E-state index in [0.717, 1.165) is 5.56 Å². The topological polar surface area (TPSA) is 77.5 Å². The highest BCUT2D eigenvalue weighted by Crippen LogP contribution is 2.19. The Hall–Kier alpha value is -2.11. The number of hydrogen-bond acceptors (Lipinski definition) is 5. The Morgan fingerprint density at radius 2 is 2.10 bits per heavy atom. The van der Waals surface area contributed by atoms with E-state index < -0.39 is 17.7 Å². The molecule has 0 aliphatic heterocycles. The summed E-state index contributed by atoms with van der Waals surface area (Å²) in [7, 11) is 1.52. The van der Waals surface area contributed by atoms with E-state index in [9.17, 15) is 9.59 Å². The molecule has 0 radical (unpaired) electrons. The minimum atomic E-state index is -0.804. The van der Waals surface area contributed by atoms with Crippen LogP contribution >= 0.6 is 0 Å². The van der Waals surface area contributed by atoms with Gasteiger partial charge in [-0.15, -0.1) is 0 Å². The molecular formula is C14H20N2O4. The number of aromatic nitrogens is 1. The number of carbonyl (C=O) groups is 2. The van der Waals surface area contributed by atoms with Gasteiger partial charge in [0.1, 0.15) is 17.9 Å². The molecule has 0 aromatic carbocycles. The molecule has 0 spiro atoms. The fraction of sp³-hybridized carbons (Fsp3) is 0.500. The van der Waals surface area contributed by atoms with Gasteiger partial charge >= 0.3 is 6.09 Å². The lowest BCUT2D eigenvalue weighted by atomic mass is 10.1. The lowest BCUT2D eigenvalue weighted by Gasteiger charge is -2.21. The van der Waals surface area contributed by atoms with Gasteiger partial charge in [0.15, 0.2) is 0 Å². The molecule has 0 aliphatic carbocycles. The van der Waals surface area contributed by atoms with Crippen LogP contribution in [-0.4, -0.2) is 30.1 Å². The lowest BCUT2D eigenvalue weighted by molar-refractivity contribution is -0.109. The summed E-state index contributed by atoms with van der Waals surface area (Å²) in [6.07, 6.45) is 1.47. The van der Waals surface area contributed by atoms with Gasteiger partial charge < -0.3 is 19.6 Å². The Morgan fingerprint density at radius 3 is 2.55 bits per heavy atom. The second-order valence-corrected chi connectivity index (χ2v) is 5.35. The van der Waals surface area contributed by atoms with Gasteiger partial charge in [-0.3, -0.25) is 0 Å². The number of hydrogen-bond donors (Lipinski definition) is 1. The predicted molar refractivity (Wildman–Crippen MR) is 73.7 cm³/mol. The zero-order valence-corrected chi connectivity index (χ0v) is 12.4. The molecule has 1 atom stereocenters. The summed E-state index contributed by atoms with van der Waals surface area (Å²) < 4.78 is 10.2. The van der Waals surface area contributed by atoms with E-state index in [2.05, 4.69) is 10.3 Å². The van der Waals surface area contributed by atoms with Crippen molar-refractivity contribution in [3.8, 4) is 5.88 Å². The number of nitrogens with one attached hydrogen (secondary N) is 1. The van der Waals surface area contributed by atoms with Gasteiger partial charge in [0, 0.05) is 17.3 Å². The van der Waals surface area contributed by atoms with Crippen LogP contribution in [0.25, 0.3) is 0 Å². The molecule has 1 N–H and O–H groups in total. The third-order valence-corrected chi connectivity index (χ3v) is 2.41. The van der Waals surface area contributed by atoms with Crippen molar-refractivity contribution in [3.05, 3.63) is 23.4 Å². The summed E-state index contributed by atoms with van der Waals surface area (Å²) in [5.74, 6) is 0.482. The highest BCUT2D eigenvalue weighted by atomic mass is 16.6. The zero-order chi connectivity index (χ0) is 15.3. The van der Waals surface area contributed by atoms with Crippen molar-refractivity contribution in [1.82, 2.24) is 10.3 Å². The van der Waals surface area contributed by atoms with Crippen LogP contribution in [0.2, 0.25) is 0 Å². The molecule has 1 heterocycles. The van der Waals surface area contributed by atoms with Gasteiger partial charge in [0.05, 0.1) is 7.11 Å². The third-order valence-electron chi connectivity index (χ3n) is 2.41. The first-order valence-corrected chi connectivity index (χ1v) is 6.22. The van der Waals surface area contributed by atoms with Crippen LogP contribution in [0.1, 0.15) is 37.9 Å². The molecule has 0 aliphatic rings. The number of alkyl carbamates (subject to hydrolysis) is 1. The van der Waals surface area contributed by atoms with Gasteiger partial charge in [0.25, 0.3) is 0 Å². The maximum atomic E-state index is 11.7. The number of aryl methyl sites for hydroxylation is 1. The summed E-state index contributed by atoms with van der Waals surface area (Å²) in [6, 6.07) is 0.935. The van der Waals surface area contributed by atoms with Gasteiger partial charge in [-0.1, -0.05) is 0 Å². The third kappa shape index (κ3) is 4.53. The summed E-state index contributed by atoms with van der Waals surface area (Å²) >= 11 is 0. The number of amides is 1. The van der Waals surface area contributed by atoms with Crippen LogP contribution in [0.5, 0.6) is 5.88 Å². The smallest absolute Gasteiger partial charge is 0.408 e. The number of methoxy groups -OCH3 is 1. The summed E-state index contributed by atoms with van der Waals surface area (Å²) in [5, 5.41) is 2.49. The Labute approximate surface area is 118 Å². The molecule has 6 heteroatoms. The molecule has 1 unspecified atom stereocenters. The number of pyridine rings is 1. The largest absolute Gasteiger partial charge is 0.481 e. The molecule has 0 saturated heterocycles. The van der Waals surface area contributed by atoms with Gasteiger partial charge in [-0.2, -0.15) is 0 Å². The molecule has 1 aromatic heterocycles. The average Bonchev–Trinajstić information content (AvgIpc) is 2.33. The first-order valence-electron chi connectivity index (χ1n) is 6.22. The van der Waals surface area contributed by atoms with E-state index in [-0.39, 0.29) is 0 Å². The molecule has 1 rings (SSSR count). The van der Waals surface area contributed by atoms with E-state index in [0.29, 0.717) is 17.7 Å². The summed E-state index contributed by atoms with van der Waals surface area (Å²) in [4.78, 5) is 26.9. The van der Waals surface area contributed by atoms with Crippen molar-refractivity contribution in [2.24, 2.45) is 0 Å². The molecular weight excluding hydrogens is 260 g/mol. The van der Waals surface area contributed by atoms with E-state index in [1.165, 1.54) is 13.3 Å². The van der Waals surface area contributed by atoms with Crippen molar-refractivity contribution in [3.63, 3.8) is 0 Å². The van der Waals surface area contributed by atoms with Gasteiger partial charge in [-0.25, -0.2) is 9.78 Å². The molecule has 0 bridgehead atoms. The van der Waals surface area contributed by atoms with Crippen molar-refractivity contribution >= 4 is 12.4 Å². The number of aldehydes is 1. The maximum Gasteiger partial charge on any atom is 0.408 e. The summed E-state index contributed by atoms with van der Waals surface area (Å²) in [5.41, 5.74) is 0.734. The number of carbonyl (C=O) groups excluding carboxylic acids is 2. The number of nitrogens with zero attached hydrogens (tertiary/aromatic N) is 1. The lowest BCUT2D eigenvalue weighted by Crippen LogP contribution is -2.35. The van der Waals surface area contributed by atoms with Crippen molar-refractivity contribution < 1.29 is 19.1 Å². The van der Waals surface area contributed by atoms with Gasteiger partial charge in [0.2, 0.25) is 5.88 Å². The van der Waals surface area contributed by atoms with Crippen LogP contribution < -0.4 is 10.1 Å². The molecule has 110 valence electrons. The van der Waals surface area contributed by atoms with Crippen molar-refractivity contribution in [2.75, 3.05) is 7.11 Å². The van der Waals surface area contributed by atoms with Crippen LogP contribution in [-0.2, 0) is 9.53 Å². The van der Waals surface area contributed by atoms with Crippen LogP contribution in [0.4, 0.5) is 4.79 Å². The number of ether oxygens (including phenoxy) is 2. The van der Waals surface area contributed by atoms with Crippen molar-refractivity contribution in [1.29, 1.82) is 0 Å². The highest BCUT2D eigenvalue weighted by Gasteiger charge is 2.20. The Balaban J connectivity index is 2.83. The average molecular weight is 280 g/mol. The molecule has 20 heavy (non-hydrogen) atoms. The molecule has 1 aromatic rings. The normalized spacial score (nSPS) is 12.4. The summed E-state index contributed by atoms with van der Waals surface area (Å²) in [6.45, 7) is 7.06. The van der Waals surface area contributed by atoms with Gasteiger partial charge in [-0.05, 0) is 33.8 Å². The van der Waals surface area contributed by atoms with E-state index in [1.807, 2.05) is 6.92 Å². The fourth-order valence-electron chi connectivity index (χ4n) is 1.60.